The highest BCUT2D eigenvalue weighted by Crippen LogP contribution is 2.30. The molecule has 0 aliphatic carbocycles. The molecule has 0 bridgehead atoms. The van der Waals surface area contributed by atoms with Crippen LogP contribution >= 0.6 is 0 Å². The van der Waals surface area contributed by atoms with Gasteiger partial charge < -0.3 is 9.30 Å². The van der Waals surface area contributed by atoms with Crippen LogP contribution in [0.2, 0.25) is 0 Å². The molecule has 26 heavy (non-hydrogen) atoms. The van der Waals surface area contributed by atoms with E-state index >= 15 is 0 Å². The number of allylic oxidation sites excluding steroid dienone is 1. The van der Waals surface area contributed by atoms with Crippen molar-refractivity contribution in [1.29, 1.82) is 0 Å². The Morgan fingerprint density at radius 1 is 0.885 bits per heavy atom. The number of hydrogen-bond donors (Lipinski definition) is 0. The first-order valence-corrected chi connectivity index (χ1v) is 9.11. The lowest BCUT2D eigenvalue weighted by Gasteiger charge is -2.05. The molecule has 2 heteroatoms. The van der Waals surface area contributed by atoms with Crippen LogP contribution in [0.1, 0.15) is 18.1 Å². The first-order valence-electron chi connectivity index (χ1n) is 9.11. The van der Waals surface area contributed by atoms with Crippen LogP contribution in [0.25, 0.3) is 27.9 Å². The maximum absolute atomic E-state index is 5.43. The average molecular weight is 341 g/mol. The molecular weight excluding hydrogens is 318 g/mol. The average Bonchev–Trinajstić information content (AvgIpc) is 3.01. The van der Waals surface area contributed by atoms with Gasteiger partial charge in [0.2, 0.25) is 0 Å². The number of nitrogens with zero attached hydrogens (tertiary/aromatic N) is 1. The van der Waals surface area contributed by atoms with Crippen molar-refractivity contribution >= 4 is 27.9 Å². The second-order valence-corrected chi connectivity index (χ2v) is 6.46. The highest BCUT2D eigenvalue weighted by atomic mass is 16.5. The minimum atomic E-state index is 0.860. The smallest absolute Gasteiger partial charge is 0.122 e. The third kappa shape index (κ3) is 2.88. The fourth-order valence-electron chi connectivity index (χ4n) is 3.71. The summed E-state index contributed by atoms with van der Waals surface area (Å²) in [5.41, 5.74) is 5.04. The van der Waals surface area contributed by atoms with E-state index in [0.29, 0.717) is 0 Å². The van der Waals surface area contributed by atoms with Crippen LogP contribution in [0.4, 0.5) is 0 Å². The van der Waals surface area contributed by atoms with Crippen molar-refractivity contribution < 1.29 is 4.74 Å². The lowest BCUT2D eigenvalue weighted by molar-refractivity contribution is 0.411. The summed E-state index contributed by atoms with van der Waals surface area (Å²) in [4.78, 5) is 0. The summed E-state index contributed by atoms with van der Waals surface area (Å²) in [5.74, 6) is 0.943. The van der Waals surface area contributed by atoms with Crippen LogP contribution in [-0.4, -0.2) is 11.7 Å². The van der Waals surface area contributed by atoms with E-state index < -0.39 is 0 Å². The molecule has 0 radical (unpaired) electrons. The van der Waals surface area contributed by atoms with E-state index in [1.54, 1.807) is 7.11 Å². The van der Waals surface area contributed by atoms with Crippen molar-refractivity contribution in [3.63, 3.8) is 0 Å². The van der Waals surface area contributed by atoms with E-state index in [9.17, 15) is 0 Å². The van der Waals surface area contributed by atoms with Crippen LogP contribution in [-0.2, 0) is 13.0 Å². The highest BCUT2D eigenvalue weighted by molar-refractivity contribution is 6.08. The molecule has 0 N–H and O–H groups in total. The maximum Gasteiger partial charge on any atom is 0.122 e. The normalized spacial score (nSPS) is 11.6. The summed E-state index contributed by atoms with van der Waals surface area (Å²) in [6.45, 7) is 3.18. The van der Waals surface area contributed by atoms with E-state index in [1.807, 2.05) is 12.1 Å². The molecule has 0 saturated heterocycles. The Morgan fingerprint density at radius 2 is 1.65 bits per heavy atom. The molecule has 130 valence electrons. The van der Waals surface area contributed by atoms with Gasteiger partial charge in [-0.3, -0.25) is 0 Å². The lowest BCUT2D eigenvalue weighted by Crippen LogP contribution is -1.92. The number of benzene rings is 3. The first-order chi connectivity index (χ1) is 12.8. The number of aryl methyl sites for hydroxylation is 1. The molecule has 0 unspecified atom stereocenters. The van der Waals surface area contributed by atoms with Crippen molar-refractivity contribution in [3.8, 4) is 5.75 Å². The second-order valence-electron chi connectivity index (χ2n) is 6.46. The monoisotopic (exact) mass is 341 g/mol. The van der Waals surface area contributed by atoms with E-state index in [1.165, 1.54) is 32.9 Å². The Morgan fingerprint density at radius 3 is 2.50 bits per heavy atom. The summed E-state index contributed by atoms with van der Waals surface area (Å²) < 4.78 is 7.81. The van der Waals surface area contributed by atoms with Gasteiger partial charge in [-0.15, -0.1) is 0 Å². The van der Waals surface area contributed by atoms with Crippen molar-refractivity contribution in [2.75, 3.05) is 7.11 Å². The van der Waals surface area contributed by atoms with Gasteiger partial charge in [0.15, 0.2) is 0 Å². The number of fused-ring (bicyclic) bond motifs is 3. The Hall–Kier alpha value is -3.00. The highest BCUT2D eigenvalue weighted by Gasteiger charge is 2.08. The summed E-state index contributed by atoms with van der Waals surface area (Å²) in [7, 11) is 1.72. The van der Waals surface area contributed by atoms with Gasteiger partial charge in [-0.1, -0.05) is 54.6 Å². The standard InChI is InChI=1S/C24H23NO/c1-3-25-22-13-6-5-12-20(22)21-17-18(15-16-23(21)25)9-8-11-19-10-4-7-14-24(19)26-2/h4-10,12-17H,3,11H2,1-2H3/b9-8+. The molecule has 4 rings (SSSR count). The summed E-state index contributed by atoms with van der Waals surface area (Å²) in [6, 6.07) is 23.6. The molecule has 2 nitrogen and oxygen atoms in total. The molecule has 3 aromatic carbocycles. The predicted octanol–water partition coefficient (Wildman–Crippen LogP) is 6.08. The SMILES string of the molecule is CCn1c2ccccc2c2cc(/C=C/Cc3ccccc3OC)ccc21. The quantitative estimate of drug-likeness (QED) is 0.429. The Kier molecular flexibility index (Phi) is 4.49. The van der Waals surface area contributed by atoms with Gasteiger partial charge in [0, 0.05) is 28.4 Å². The molecule has 1 heterocycles. The van der Waals surface area contributed by atoms with E-state index in [-0.39, 0.29) is 0 Å². The first kappa shape index (κ1) is 16.5. The number of methoxy groups -OCH3 is 1. The lowest BCUT2D eigenvalue weighted by atomic mass is 10.1. The zero-order valence-corrected chi connectivity index (χ0v) is 15.3. The molecule has 0 fully saturated rings. The van der Waals surface area contributed by atoms with Crippen molar-refractivity contribution in [1.82, 2.24) is 4.57 Å². The topological polar surface area (TPSA) is 14.2 Å². The molecule has 0 spiro atoms. The van der Waals surface area contributed by atoms with Gasteiger partial charge in [-0.05, 0) is 48.7 Å². The molecule has 4 aromatic rings. The van der Waals surface area contributed by atoms with Crippen molar-refractivity contribution in [3.05, 3.63) is 83.9 Å². The predicted molar refractivity (Wildman–Crippen MR) is 111 cm³/mol. The number of para-hydroxylation sites is 2. The van der Waals surface area contributed by atoms with Crippen molar-refractivity contribution in [2.24, 2.45) is 0 Å². The fraction of sp³-hybridized carbons (Fsp3) is 0.167. The van der Waals surface area contributed by atoms with Crippen LogP contribution in [0.5, 0.6) is 5.75 Å². The number of ether oxygens (including phenoxy) is 1. The minimum Gasteiger partial charge on any atom is -0.496 e. The molecular formula is C24H23NO. The third-order valence-corrected chi connectivity index (χ3v) is 4.95. The van der Waals surface area contributed by atoms with Crippen LogP contribution in [0.15, 0.2) is 72.8 Å². The Labute approximate surface area is 154 Å². The van der Waals surface area contributed by atoms with Gasteiger partial charge in [0.05, 0.1) is 7.11 Å². The molecule has 0 amide bonds. The molecule has 0 aliphatic rings. The van der Waals surface area contributed by atoms with Crippen LogP contribution in [0.3, 0.4) is 0 Å². The zero-order chi connectivity index (χ0) is 17.9. The summed E-state index contributed by atoms with van der Waals surface area (Å²) in [6.07, 6.45) is 5.26. The van der Waals surface area contributed by atoms with Gasteiger partial charge in [-0.2, -0.15) is 0 Å². The number of aromatic nitrogens is 1. The number of hydrogen-bond acceptors (Lipinski definition) is 1. The van der Waals surface area contributed by atoms with Gasteiger partial charge in [-0.25, -0.2) is 0 Å². The van der Waals surface area contributed by atoms with Crippen molar-refractivity contribution in [2.45, 2.75) is 19.9 Å². The summed E-state index contributed by atoms with van der Waals surface area (Å²) in [5, 5.41) is 2.64. The van der Waals surface area contributed by atoms with E-state index in [2.05, 4.69) is 78.2 Å². The molecule has 0 aliphatic heterocycles. The fourth-order valence-corrected chi connectivity index (χ4v) is 3.71. The van der Waals surface area contributed by atoms with Crippen LogP contribution in [0, 0.1) is 0 Å². The largest absolute Gasteiger partial charge is 0.496 e. The Bertz CT molecular complexity index is 1090. The maximum atomic E-state index is 5.43. The van der Waals surface area contributed by atoms with E-state index in [0.717, 1.165) is 18.7 Å². The molecule has 0 saturated carbocycles. The molecule has 1 aromatic heterocycles. The van der Waals surface area contributed by atoms with Gasteiger partial charge in [0.25, 0.3) is 0 Å². The number of rotatable bonds is 5. The van der Waals surface area contributed by atoms with Gasteiger partial charge >= 0.3 is 0 Å². The minimum absolute atomic E-state index is 0.860. The Balaban J connectivity index is 1.68. The molecule has 0 atom stereocenters. The van der Waals surface area contributed by atoms with Gasteiger partial charge in [0.1, 0.15) is 5.75 Å². The van der Waals surface area contributed by atoms with E-state index in [4.69, 9.17) is 4.74 Å². The summed E-state index contributed by atoms with van der Waals surface area (Å²) >= 11 is 0. The third-order valence-electron chi connectivity index (χ3n) is 4.95. The second kappa shape index (κ2) is 7.09. The zero-order valence-electron chi connectivity index (χ0n) is 15.3. The van der Waals surface area contributed by atoms with Crippen LogP contribution < -0.4 is 4.74 Å².